The van der Waals surface area contributed by atoms with Gasteiger partial charge in [0.05, 0.1) is 13.2 Å². The molecule has 0 atom stereocenters. The van der Waals surface area contributed by atoms with Crippen LogP contribution in [-0.4, -0.2) is 57.1 Å². The first-order chi connectivity index (χ1) is 10.9. The van der Waals surface area contributed by atoms with E-state index in [2.05, 4.69) is 36.7 Å². The van der Waals surface area contributed by atoms with Crippen LogP contribution in [0.4, 0.5) is 0 Å². The Morgan fingerprint density at radius 1 is 1.04 bits per heavy atom. The van der Waals surface area contributed by atoms with Gasteiger partial charge in [-0.3, -0.25) is 4.79 Å². The highest BCUT2D eigenvalue weighted by atomic mass is 16.7. The first-order valence-corrected chi connectivity index (χ1v) is 8.81. The molecule has 0 aromatic carbocycles. The summed E-state index contributed by atoms with van der Waals surface area (Å²) in [4.78, 5) is 11.5. The van der Waals surface area contributed by atoms with E-state index in [0.29, 0.717) is 32.7 Å². The first-order valence-electron chi connectivity index (χ1n) is 8.81. The van der Waals surface area contributed by atoms with E-state index < -0.39 is 5.79 Å². The average molecular weight is 329 g/mol. The molecule has 1 rings (SSSR count). The van der Waals surface area contributed by atoms with Crippen molar-refractivity contribution < 1.29 is 14.3 Å². The lowest BCUT2D eigenvalue weighted by atomic mass is 10.1. The number of amides is 1. The number of ether oxygens (including phenoxy) is 2. The van der Waals surface area contributed by atoms with Crippen LogP contribution in [0.3, 0.4) is 0 Å². The van der Waals surface area contributed by atoms with Crippen molar-refractivity contribution in [3.63, 3.8) is 0 Å². The van der Waals surface area contributed by atoms with E-state index in [0.717, 1.165) is 32.2 Å². The second kappa shape index (κ2) is 10.2. The van der Waals surface area contributed by atoms with E-state index in [1.807, 2.05) is 7.05 Å². The zero-order valence-electron chi connectivity index (χ0n) is 15.3. The topological polar surface area (TPSA) is 71.6 Å². The minimum absolute atomic E-state index is 0.0544. The van der Waals surface area contributed by atoms with Gasteiger partial charge in [0.15, 0.2) is 5.79 Å². The molecule has 0 unspecified atom stereocenters. The van der Waals surface area contributed by atoms with Crippen molar-refractivity contribution >= 4 is 5.91 Å². The summed E-state index contributed by atoms with van der Waals surface area (Å²) < 4.78 is 12.0. The maximum absolute atomic E-state index is 11.5. The summed E-state index contributed by atoms with van der Waals surface area (Å²) in [6.45, 7) is 9.62. The third kappa shape index (κ3) is 9.25. The molecular formula is C17H35N3O3. The summed E-state index contributed by atoms with van der Waals surface area (Å²) >= 11 is 0. The fraction of sp³-hybridized carbons (Fsp3) is 0.941. The van der Waals surface area contributed by atoms with Crippen molar-refractivity contribution in [1.29, 1.82) is 0 Å². The maximum atomic E-state index is 11.5. The Hall–Kier alpha value is -0.690. The van der Waals surface area contributed by atoms with E-state index in [9.17, 15) is 4.79 Å². The fourth-order valence-corrected chi connectivity index (χ4v) is 2.66. The molecule has 1 saturated carbocycles. The SMILES string of the molecule is CNCCC(=O)NCCOC1(OCCNC(C)(C)C)CCCC1. The Kier molecular flexibility index (Phi) is 9.06. The average Bonchev–Trinajstić information content (AvgIpc) is 2.94. The molecule has 0 saturated heterocycles. The number of carbonyl (C=O) groups excluding carboxylic acids is 1. The molecule has 136 valence electrons. The molecule has 23 heavy (non-hydrogen) atoms. The van der Waals surface area contributed by atoms with Crippen LogP contribution in [0, 0.1) is 0 Å². The molecule has 6 heteroatoms. The summed E-state index contributed by atoms with van der Waals surface area (Å²) in [7, 11) is 1.84. The van der Waals surface area contributed by atoms with Crippen LogP contribution in [0.2, 0.25) is 0 Å². The lowest BCUT2D eigenvalue weighted by Crippen LogP contribution is -2.41. The van der Waals surface area contributed by atoms with Crippen LogP contribution in [0.25, 0.3) is 0 Å². The van der Waals surface area contributed by atoms with Gasteiger partial charge in [0.25, 0.3) is 0 Å². The van der Waals surface area contributed by atoms with E-state index in [4.69, 9.17) is 9.47 Å². The van der Waals surface area contributed by atoms with Gasteiger partial charge in [-0.05, 0) is 40.7 Å². The standard InChI is InChI=1S/C17H35N3O3/c1-16(2,3)20-12-14-23-17(8-5-6-9-17)22-13-11-19-15(21)7-10-18-4/h18,20H,5-14H2,1-4H3,(H,19,21). The Bertz CT molecular complexity index is 336. The molecule has 0 aliphatic heterocycles. The maximum Gasteiger partial charge on any atom is 0.221 e. The van der Waals surface area contributed by atoms with E-state index in [1.54, 1.807) is 0 Å². The van der Waals surface area contributed by atoms with Crippen molar-refractivity contribution in [2.75, 3.05) is 39.9 Å². The highest BCUT2D eigenvalue weighted by Crippen LogP contribution is 2.34. The van der Waals surface area contributed by atoms with Crippen molar-refractivity contribution in [3.05, 3.63) is 0 Å². The molecule has 0 spiro atoms. The Morgan fingerprint density at radius 2 is 1.65 bits per heavy atom. The predicted octanol–water partition coefficient (Wildman–Crippen LogP) is 1.40. The minimum atomic E-state index is -0.449. The second-order valence-corrected chi connectivity index (χ2v) is 7.19. The van der Waals surface area contributed by atoms with Gasteiger partial charge in [-0.2, -0.15) is 0 Å². The summed E-state index contributed by atoms with van der Waals surface area (Å²) in [5, 5.41) is 9.26. The fourth-order valence-electron chi connectivity index (χ4n) is 2.66. The van der Waals surface area contributed by atoms with Crippen LogP contribution in [0.1, 0.15) is 52.9 Å². The summed E-state index contributed by atoms with van der Waals surface area (Å²) in [6, 6.07) is 0. The van der Waals surface area contributed by atoms with E-state index in [-0.39, 0.29) is 11.4 Å². The van der Waals surface area contributed by atoms with Crippen LogP contribution >= 0.6 is 0 Å². The van der Waals surface area contributed by atoms with Crippen molar-refractivity contribution in [3.8, 4) is 0 Å². The number of hydrogen-bond acceptors (Lipinski definition) is 5. The molecule has 1 aliphatic carbocycles. The van der Waals surface area contributed by atoms with Gasteiger partial charge < -0.3 is 25.4 Å². The Labute approximate surface area is 141 Å². The smallest absolute Gasteiger partial charge is 0.221 e. The van der Waals surface area contributed by atoms with Crippen LogP contribution < -0.4 is 16.0 Å². The Morgan fingerprint density at radius 3 is 2.22 bits per heavy atom. The number of nitrogens with one attached hydrogen (secondary N) is 3. The highest BCUT2D eigenvalue weighted by Gasteiger charge is 2.35. The van der Waals surface area contributed by atoms with Gasteiger partial charge in [0, 0.05) is 44.4 Å². The van der Waals surface area contributed by atoms with Crippen molar-refractivity contribution in [2.45, 2.75) is 64.2 Å². The van der Waals surface area contributed by atoms with Crippen molar-refractivity contribution in [2.24, 2.45) is 0 Å². The monoisotopic (exact) mass is 329 g/mol. The quantitative estimate of drug-likeness (QED) is 0.395. The van der Waals surface area contributed by atoms with Gasteiger partial charge in [0.2, 0.25) is 5.91 Å². The molecule has 1 aliphatic rings. The van der Waals surface area contributed by atoms with E-state index >= 15 is 0 Å². The van der Waals surface area contributed by atoms with Crippen LogP contribution in [0.5, 0.6) is 0 Å². The van der Waals surface area contributed by atoms with Gasteiger partial charge in [0.1, 0.15) is 0 Å². The minimum Gasteiger partial charge on any atom is -0.354 e. The van der Waals surface area contributed by atoms with Gasteiger partial charge in [-0.25, -0.2) is 0 Å². The molecular weight excluding hydrogens is 294 g/mol. The highest BCUT2D eigenvalue weighted by molar-refractivity contribution is 5.75. The Balaban J connectivity index is 2.22. The molecule has 1 amide bonds. The van der Waals surface area contributed by atoms with Crippen molar-refractivity contribution in [1.82, 2.24) is 16.0 Å². The normalized spacial score (nSPS) is 17.4. The van der Waals surface area contributed by atoms with Crippen LogP contribution in [-0.2, 0) is 14.3 Å². The molecule has 0 aromatic rings. The summed E-state index contributed by atoms with van der Waals surface area (Å²) in [5.41, 5.74) is 0.102. The first kappa shape index (κ1) is 20.4. The second-order valence-electron chi connectivity index (χ2n) is 7.19. The third-order valence-electron chi connectivity index (χ3n) is 3.88. The zero-order chi connectivity index (χ0) is 17.2. The summed E-state index contributed by atoms with van der Waals surface area (Å²) in [6.07, 6.45) is 4.66. The zero-order valence-corrected chi connectivity index (χ0v) is 15.3. The number of rotatable bonds is 11. The molecule has 0 heterocycles. The molecule has 0 aromatic heterocycles. The van der Waals surface area contributed by atoms with Crippen LogP contribution in [0.15, 0.2) is 0 Å². The van der Waals surface area contributed by atoms with Gasteiger partial charge in [-0.15, -0.1) is 0 Å². The van der Waals surface area contributed by atoms with Gasteiger partial charge in [-0.1, -0.05) is 0 Å². The largest absolute Gasteiger partial charge is 0.354 e. The lowest BCUT2D eigenvalue weighted by Gasteiger charge is -2.30. The van der Waals surface area contributed by atoms with Gasteiger partial charge >= 0.3 is 0 Å². The number of carbonyl (C=O) groups is 1. The number of hydrogen-bond donors (Lipinski definition) is 3. The summed E-state index contributed by atoms with van der Waals surface area (Å²) in [5.74, 6) is -0.395. The third-order valence-corrected chi connectivity index (χ3v) is 3.88. The molecule has 0 radical (unpaired) electrons. The molecule has 0 bridgehead atoms. The lowest BCUT2D eigenvalue weighted by molar-refractivity contribution is -0.231. The molecule has 1 fully saturated rings. The molecule has 6 nitrogen and oxygen atoms in total. The molecule has 3 N–H and O–H groups in total. The van der Waals surface area contributed by atoms with E-state index in [1.165, 1.54) is 0 Å². The predicted molar refractivity (Wildman–Crippen MR) is 92.4 cm³/mol.